The number of rotatable bonds is 0. The Morgan fingerprint density at radius 1 is 1.18 bits per heavy atom. The average Bonchev–Trinajstić information content (AvgIpc) is 2.61. The molecule has 0 radical (unpaired) electrons. The van der Waals surface area contributed by atoms with Crippen LogP contribution in [0.1, 0.15) is 17.8 Å². The molecular weight excluding hydrogens is 210 g/mol. The van der Waals surface area contributed by atoms with E-state index >= 15 is 0 Å². The molecule has 0 N–H and O–H groups in total. The van der Waals surface area contributed by atoms with E-state index in [1.165, 1.54) is 29.9 Å². The van der Waals surface area contributed by atoms with Crippen LogP contribution in [-0.2, 0) is 13.0 Å². The molecule has 2 heterocycles. The second kappa shape index (κ2) is 4.15. The zero-order valence-corrected chi connectivity index (χ0v) is 10.6. The van der Waals surface area contributed by atoms with E-state index in [1.54, 1.807) is 0 Å². The first-order valence-electron chi connectivity index (χ1n) is 6.38. The molecule has 0 bridgehead atoms. The number of imidazole rings is 1. The smallest absolute Gasteiger partial charge is 0.111 e. The fraction of sp³-hybridized carbons (Fsp3) is 0.500. The molecule has 3 heteroatoms. The van der Waals surface area contributed by atoms with Crippen LogP contribution in [0.3, 0.4) is 0 Å². The molecule has 0 amide bonds. The molecule has 0 aliphatic carbocycles. The highest BCUT2D eigenvalue weighted by Crippen LogP contribution is 2.20. The zero-order valence-electron chi connectivity index (χ0n) is 10.6. The van der Waals surface area contributed by atoms with Gasteiger partial charge in [0.1, 0.15) is 5.82 Å². The summed E-state index contributed by atoms with van der Waals surface area (Å²) >= 11 is 0. The van der Waals surface area contributed by atoms with Crippen LogP contribution in [0.25, 0.3) is 11.0 Å². The number of fused-ring (bicyclic) bond motifs is 3. The van der Waals surface area contributed by atoms with Gasteiger partial charge in [-0.05, 0) is 44.6 Å². The van der Waals surface area contributed by atoms with Gasteiger partial charge in [0.15, 0.2) is 0 Å². The quantitative estimate of drug-likeness (QED) is 0.690. The van der Waals surface area contributed by atoms with E-state index in [9.17, 15) is 0 Å². The van der Waals surface area contributed by atoms with Gasteiger partial charge in [0.25, 0.3) is 0 Å². The molecule has 0 saturated heterocycles. The van der Waals surface area contributed by atoms with Crippen molar-refractivity contribution < 1.29 is 0 Å². The zero-order chi connectivity index (χ0) is 11.8. The molecule has 0 unspecified atom stereocenters. The van der Waals surface area contributed by atoms with Crippen LogP contribution in [0, 0.1) is 6.92 Å². The minimum Gasteiger partial charge on any atom is -0.328 e. The Morgan fingerprint density at radius 3 is 2.94 bits per heavy atom. The van der Waals surface area contributed by atoms with E-state index in [2.05, 4.69) is 41.6 Å². The maximum absolute atomic E-state index is 4.79. The Bertz CT molecular complexity index is 542. The Kier molecular flexibility index (Phi) is 2.63. The molecule has 90 valence electrons. The molecule has 0 spiro atoms. The van der Waals surface area contributed by atoms with Gasteiger partial charge in [-0.3, -0.25) is 0 Å². The van der Waals surface area contributed by atoms with E-state index in [0.29, 0.717) is 0 Å². The van der Waals surface area contributed by atoms with Gasteiger partial charge >= 0.3 is 0 Å². The lowest BCUT2D eigenvalue weighted by Gasteiger charge is -2.20. The van der Waals surface area contributed by atoms with Crippen molar-refractivity contribution in [2.45, 2.75) is 26.3 Å². The minimum atomic E-state index is 1.06. The first-order chi connectivity index (χ1) is 8.24. The van der Waals surface area contributed by atoms with Crippen molar-refractivity contribution in [3.8, 4) is 0 Å². The van der Waals surface area contributed by atoms with Gasteiger partial charge in [0, 0.05) is 19.5 Å². The van der Waals surface area contributed by atoms with E-state index < -0.39 is 0 Å². The summed E-state index contributed by atoms with van der Waals surface area (Å²) in [5.41, 5.74) is 3.75. The predicted octanol–water partition coefficient (Wildman–Crippen LogP) is 2.22. The summed E-state index contributed by atoms with van der Waals surface area (Å²) in [6, 6.07) is 6.59. The van der Waals surface area contributed by atoms with Gasteiger partial charge in [-0.25, -0.2) is 4.98 Å². The highest BCUT2D eigenvalue weighted by molar-refractivity contribution is 5.76. The maximum Gasteiger partial charge on any atom is 0.111 e. The Hall–Kier alpha value is -1.35. The summed E-state index contributed by atoms with van der Waals surface area (Å²) in [4.78, 5) is 7.18. The molecule has 1 aromatic heterocycles. The molecule has 3 rings (SSSR count). The molecule has 0 atom stereocenters. The summed E-state index contributed by atoms with van der Waals surface area (Å²) in [6.45, 7) is 5.52. The van der Waals surface area contributed by atoms with Crippen LogP contribution in [-0.4, -0.2) is 34.6 Å². The van der Waals surface area contributed by atoms with Crippen molar-refractivity contribution in [2.24, 2.45) is 0 Å². The number of likely N-dealkylation sites (N-methyl/N-ethyl adjacent to an activating group) is 1. The second-order valence-electron chi connectivity index (χ2n) is 5.08. The molecule has 1 aliphatic rings. The lowest BCUT2D eigenvalue weighted by molar-refractivity contribution is 0.308. The third-order valence-corrected chi connectivity index (χ3v) is 3.62. The van der Waals surface area contributed by atoms with Crippen molar-refractivity contribution in [1.82, 2.24) is 14.5 Å². The summed E-state index contributed by atoms with van der Waals surface area (Å²) in [6.07, 6.45) is 2.27. The van der Waals surface area contributed by atoms with Gasteiger partial charge in [0.05, 0.1) is 11.0 Å². The summed E-state index contributed by atoms with van der Waals surface area (Å²) in [5.74, 6) is 1.25. The van der Waals surface area contributed by atoms with Crippen LogP contribution < -0.4 is 0 Å². The SMILES string of the molecule is Cc1ccc2c(c1)nc1n2CCCN(C)CC1. The van der Waals surface area contributed by atoms with E-state index in [-0.39, 0.29) is 0 Å². The normalized spacial score (nSPS) is 17.8. The number of aromatic nitrogens is 2. The fourth-order valence-corrected chi connectivity index (χ4v) is 2.63. The van der Waals surface area contributed by atoms with Gasteiger partial charge in [-0.2, -0.15) is 0 Å². The number of benzene rings is 1. The third-order valence-electron chi connectivity index (χ3n) is 3.62. The maximum atomic E-state index is 4.79. The monoisotopic (exact) mass is 229 g/mol. The van der Waals surface area contributed by atoms with Crippen LogP contribution in [0.4, 0.5) is 0 Å². The van der Waals surface area contributed by atoms with E-state index in [0.717, 1.165) is 25.0 Å². The van der Waals surface area contributed by atoms with Crippen LogP contribution in [0.15, 0.2) is 18.2 Å². The standard InChI is InChI=1S/C14H19N3/c1-11-4-5-13-12(10-11)15-14-6-9-16(2)7-3-8-17(13)14/h4-5,10H,3,6-9H2,1-2H3. The van der Waals surface area contributed by atoms with Crippen molar-refractivity contribution in [1.29, 1.82) is 0 Å². The van der Waals surface area contributed by atoms with Crippen LogP contribution in [0.2, 0.25) is 0 Å². The first-order valence-corrected chi connectivity index (χ1v) is 6.38. The minimum absolute atomic E-state index is 1.06. The number of aryl methyl sites for hydroxylation is 2. The highest BCUT2D eigenvalue weighted by Gasteiger charge is 2.14. The van der Waals surface area contributed by atoms with Gasteiger partial charge in [0.2, 0.25) is 0 Å². The summed E-state index contributed by atoms with van der Waals surface area (Å²) in [5, 5.41) is 0. The fourth-order valence-electron chi connectivity index (χ4n) is 2.63. The van der Waals surface area contributed by atoms with Crippen LogP contribution >= 0.6 is 0 Å². The topological polar surface area (TPSA) is 21.1 Å². The lowest BCUT2D eigenvalue weighted by Crippen LogP contribution is -2.27. The third kappa shape index (κ3) is 1.95. The van der Waals surface area contributed by atoms with Gasteiger partial charge in [-0.15, -0.1) is 0 Å². The molecule has 1 aromatic carbocycles. The van der Waals surface area contributed by atoms with Crippen molar-refractivity contribution in [3.63, 3.8) is 0 Å². The summed E-state index contributed by atoms with van der Waals surface area (Å²) in [7, 11) is 2.20. The molecule has 0 fully saturated rings. The largest absolute Gasteiger partial charge is 0.328 e. The van der Waals surface area contributed by atoms with Crippen molar-refractivity contribution in [3.05, 3.63) is 29.6 Å². The summed E-state index contributed by atoms with van der Waals surface area (Å²) < 4.78 is 2.40. The molecule has 0 saturated carbocycles. The van der Waals surface area contributed by atoms with E-state index in [4.69, 9.17) is 4.98 Å². The van der Waals surface area contributed by atoms with Crippen molar-refractivity contribution >= 4 is 11.0 Å². The molecule has 1 aliphatic heterocycles. The average molecular weight is 229 g/mol. The molecular formula is C14H19N3. The first kappa shape index (κ1) is 10.8. The van der Waals surface area contributed by atoms with Crippen molar-refractivity contribution in [2.75, 3.05) is 20.1 Å². The molecule has 2 aromatic rings. The number of hydrogen-bond acceptors (Lipinski definition) is 2. The molecule has 17 heavy (non-hydrogen) atoms. The Balaban J connectivity index is 2.09. The predicted molar refractivity (Wildman–Crippen MR) is 70.3 cm³/mol. The van der Waals surface area contributed by atoms with Gasteiger partial charge < -0.3 is 9.47 Å². The van der Waals surface area contributed by atoms with Crippen LogP contribution in [0.5, 0.6) is 0 Å². The second-order valence-corrected chi connectivity index (χ2v) is 5.08. The van der Waals surface area contributed by atoms with Gasteiger partial charge in [-0.1, -0.05) is 6.07 Å². The van der Waals surface area contributed by atoms with E-state index in [1.807, 2.05) is 0 Å². The lowest BCUT2D eigenvalue weighted by atomic mass is 10.2. The molecule has 3 nitrogen and oxygen atoms in total. The number of hydrogen-bond donors (Lipinski definition) is 0. The Morgan fingerprint density at radius 2 is 2.06 bits per heavy atom. The number of nitrogens with zero attached hydrogens (tertiary/aromatic N) is 3. The Labute approximate surface area is 102 Å². The highest BCUT2D eigenvalue weighted by atomic mass is 15.1.